The van der Waals surface area contributed by atoms with Crippen LogP contribution in [0, 0.1) is 11.3 Å². The van der Waals surface area contributed by atoms with Crippen LogP contribution < -0.4 is 5.32 Å². The lowest BCUT2D eigenvalue weighted by molar-refractivity contribution is -0.153. The molecule has 2 aliphatic rings. The molecule has 6 nitrogen and oxygen atoms in total. The van der Waals surface area contributed by atoms with Crippen molar-refractivity contribution in [2.75, 3.05) is 13.1 Å². The van der Waals surface area contributed by atoms with Crippen molar-refractivity contribution in [2.24, 2.45) is 11.3 Å². The molecule has 0 aromatic rings. The van der Waals surface area contributed by atoms with Gasteiger partial charge in [-0.15, -0.1) is 0 Å². The maximum Gasteiger partial charge on any atom is 0.309 e. The van der Waals surface area contributed by atoms with E-state index in [1.807, 2.05) is 0 Å². The standard InChI is InChI=1S/C13H20N2O4/c1-13(2,12(18)19)6-10(16)15-5-3-4-8-9(15)7-14-11(8)17/h8-9H,3-7H2,1-2H3,(H,14,17)(H,18,19). The third-order valence-corrected chi connectivity index (χ3v) is 4.09. The molecule has 19 heavy (non-hydrogen) atoms. The summed E-state index contributed by atoms with van der Waals surface area (Å²) >= 11 is 0. The molecule has 0 aliphatic carbocycles. The van der Waals surface area contributed by atoms with Crippen LogP contribution in [-0.2, 0) is 14.4 Å². The minimum absolute atomic E-state index is 0.0139. The zero-order valence-corrected chi connectivity index (χ0v) is 11.3. The van der Waals surface area contributed by atoms with E-state index >= 15 is 0 Å². The number of aliphatic carboxylic acids is 1. The number of hydrogen-bond donors (Lipinski definition) is 2. The van der Waals surface area contributed by atoms with Crippen molar-refractivity contribution in [1.29, 1.82) is 0 Å². The second kappa shape index (κ2) is 4.83. The van der Waals surface area contributed by atoms with E-state index in [9.17, 15) is 14.4 Å². The van der Waals surface area contributed by atoms with Crippen LogP contribution in [0.15, 0.2) is 0 Å². The van der Waals surface area contributed by atoms with Crippen molar-refractivity contribution >= 4 is 17.8 Å². The van der Waals surface area contributed by atoms with Gasteiger partial charge in [-0.25, -0.2) is 0 Å². The monoisotopic (exact) mass is 268 g/mol. The van der Waals surface area contributed by atoms with E-state index in [0.29, 0.717) is 13.1 Å². The van der Waals surface area contributed by atoms with Gasteiger partial charge in [0.1, 0.15) is 0 Å². The van der Waals surface area contributed by atoms with Gasteiger partial charge >= 0.3 is 5.97 Å². The summed E-state index contributed by atoms with van der Waals surface area (Å²) in [4.78, 5) is 36.7. The zero-order chi connectivity index (χ0) is 14.2. The molecule has 0 aromatic carbocycles. The molecule has 2 saturated heterocycles. The molecule has 0 spiro atoms. The number of rotatable bonds is 3. The second-order valence-corrected chi connectivity index (χ2v) is 6.01. The van der Waals surface area contributed by atoms with Gasteiger partial charge < -0.3 is 15.3 Å². The molecule has 2 heterocycles. The Morgan fingerprint density at radius 3 is 2.79 bits per heavy atom. The largest absolute Gasteiger partial charge is 0.481 e. The molecule has 2 unspecified atom stereocenters. The van der Waals surface area contributed by atoms with Crippen molar-refractivity contribution in [3.05, 3.63) is 0 Å². The number of piperidine rings is 1. The Bertz CT molecular complexity index is 419. The van der Waals surface area contributed by atoms with Crippen molar-refractivity contribution in [3.63, 3.8) is 0 Å². The fourth-order valence-electron chi connectivity index (χ4n) is 2.82. The quantitative estimate of drug-likeness (QED) is 0.767. The van der Waals surface area contributed by atoms with Crippen LogP contribution in [-0.4, -0.2) is 46.9 Å². The smallest absolute Gasteiger partial charge is 0.309 e. The molecule has 2 aliphatic heterocycles. The summed E-state index contributed by atoms with van der Waals surface area (Å²) in [6, 6.07) is -0.0988. The first kappa shape index (κ1) is 13.8. The minimum atomic E-state index is -1.07. The number of nitrogens with zero attached hydrogens (tertiary/aromatic N) is 1. The predicted molar refractivity (Wildman–Crippen MR) is 67.3 cm³/mol. The first-order valence-corrected chi connectivity index (χ1v) is 6.63. The van der Waals surface area contributed by atoms with Crippen LogP contribution in [0.1, 0.15) is 33.1 Å². The first-order chi connectivity index (χ1) is 8.83. The van der Waals surface area contributed by atoms with Crippen LogP contribution in [0.25, 0.3) is 0 Å². The summed E-state index contributed by atoms with van der Waals surface area (Å²) in [6.07, 6.45) is 1.58. The number of carbonyl (C=O) groups excluding carboxylic acids is 2. The molecule has 106 valence electrons. The highest BCUT2D eigenvalue weighted by molar-refractivity contribution is 5.87. The van der Waals surface area contributed by atoms with E-state index in [1.165, 1.54) is 0 Å². The average molecular weight is 268 g/mol. The highest BCUT2D eigenvalue weighted by Crippen LogP contribution is 2.30. The van der Waals surface area contributed by atoms with Crippen molar-refractivity contribution in [1.82, 2.24) is 10.2 Å². The van der Waals surface area contributed by atoms with Gasteiger partial charge in [-0.05, 0) is 26.7 Å². The van der Waals surface area contributed by atoms with Crippen LogP contribution in [0.3, 0.4) is 0 Å². The summed E-state index contributed by atoms with van der Waals surface area (Å²) < 4.78 is 0. The number of amides is 2. The molecular weight excluding hydrogens is 248 g/mol. The highest BCUT2D eigenvalue weighted by atomic mass is 16.4. The number of carbonyl (C=O) groups is 3. The van der Waals surface area contributed by atoms with Gasteiger partial charge in [-0.2, -0.15) is 0 Å². The molecule has 0 aromatic heterocycles. The van der Waals surface area contributed by atoms with Crippen LogP contribution in [0.2, 0.25) is 0 Å². The summed E-state index contributed by atoms with van der Waals surface area (Å²) in [6.45, 7) is 4.20. The minimum Gasteiger partial charge on any atom is -0.481 e. The Morgan fingerprint density at radius 2 is 2.16 bits per heavy atom. The molecule has 0 bridgehead atoms. The van der Waals surface area contributed by atoms with Crippen molar-refractivity contribution < 1.29 is 19.5 Å². The molecule has 0 radical (unpaired) electrons. The molecule has 2 amide bonds. The normalized spacial score (nSPS) is 26.8. The van der Waals surface area contributed by atoms with E-state index in [0.717, 1.165) is 12.8 Å². The number of fused-ring (bicyclic) bond motifs is 1. The molecule has 6 heteroatoms. The van der Waals surface area contributed by atoms with Gasteiger partial charge in [0, 0.05) is 19.5 Å². The average Bonchev–Trinajstić information content (AvgIpc) is 2.70. The third kappa shape index (κ3) is 2.57. The van der Waals surface area contributed by atoms with E-state index in [-0.39, 0.29) is 30.2 Å². The number of hydrogen-bond acceptors (Lipinski definition) is 3. The topological polar surface area (TPSA) is 86.7 Å². The highest BCUT2D eigenvalue weighted by Gasteiger charge is 2.43. The Hall–Kier alpha value is -1.59. The summed E-state index contributed by atoms with van der Waals surface area (Å²) in [5.74, 6) is -1.25. The van der Waals surface area contributed by atoms with Crippen LogP contribution >= 0.6 is 0 Å². The Morgan fingerprint density at radius 1 is 1.47 bits per heavy atom. The lowest BCUT2D eigenvalue weighted by atomic mass is 9.86. The molecule has 2 rings (SSSR count). The molecule has 0 saturated carbocycles. The molecule has 2 atom stereocenters. The lowest BCUT2D eigenvalue weighted by Crippen LogP contribution is -2.50. The second-order valence-electron chi connectivity index (χ2n) is 6.01. The molecular formula is C13H20N2O4. The van der Waals surface area contributed by atoms with E-state index in [4.69, 9.17) is 5.11 Å². The van der Waals surface area contributed by atoms with E-state index in [1.54, 1.807) is 18.7 Å². The van der Waals surface area contributed by atoms with Crippen LogP contribution in [0.5, 0.6) is 0 Å². The number of carboxylic acids is 1. The Labute approximate surface area is 112 Å². The summed E-state index contributed by atoms with van der Waals surface area (Å²) in [5, 5.41) is 11.9. The Balaban J connectivity index is 2.07. The van der Waals surface area contributed by atoms with Crippen molar-refractivity contribution in [3.8, 4) is 0 Å². The third-order valence-electron chi connectivity index (χ3n) is 4.09. The van der Waals surface area contributed by atoms with Gasteiger partial charge in [-0.3, -0.25) is 14.4 Å². The maximum absolute atomic E-state index is 12.3. The predicted octanol–water partition coefficient (Wildman–Crippen LogP) is 0.224. The number of nitrogens with one attached hydrogen (secondary N) is 1. The summed E-state index contributed by atoms with van der Waals surface area (Å²) in [5.41, 5.74) is -1.07. The first-order valence-electron chi connectivity index (χ1n) is 6.63. The molecule has 2 N–H and O–H groups in total. The lowest BCUT2D eigenvalue weighted by Gasteiger charge is -2.37. The SMILES string of the molecule is CC(C)(CC(=O)N1CCCC2C(=O)NCC21)C(=O)O. The van der Waals surface area contributed by atoms with E-state index in [2.05, 4.69) is 5.32 Å². The van der Waals surface area contributed by atoms with Crippen molar-refractivity contribution in [2.45, 2.75) is 39.2 Å². The van der Waals surface area contributed by atoms with Gasteiger partial charge in [-0.1, -0.05) is 0 Å². The maximum atomic E-state index is 12.3. The van der Waals surface area contributed by atoms with Gasteiger partial charge in [0.25, 0.3) is 0 Å². The van der Waals surface area contributed by atoms with Gasteiger partial charge in [0.15, 0.2) is 0 Å². The summed E-state index contributed by atoms with van der Waals surface area (Å²) in [7, 11) is 0. The number of likely N-dealkylation sites (tertiary alicyclic amines) is 1. The Kier molecular flexibility index (Phi) is 3.52. The molecule has 2 fully saturated rings. The van der Waals surface area contributed by atoms with E-state index < -0.39 is 11.4 Å². The fraction of sp³-hybridized carbons (Fsp3) is 0.769. The zero-order valence-electron chi connectivity index (χ0n) is 11.3. The fourth-order valence-corrected chi connectivity index (χ4v) is 2.82. The van der Waals surface area contributed by atoms with Gasteiger partial charge in [0.05, 0.1) is 17.4 Å². The number of carboxylic acid groups (broad SMARTS) is 1. The van der Waals surface area contributed by atoms with Gasteiger partial charge in [0.2, 0.25) is 11.8 Å². The van der Waals surface area contributed by atoms with Crippen LogP contribution in [0.4, 0.5) is 0 Å².